The summed E-state index contributed by atoms with van der Waals surface area (Å²) in [5.74, 6) is 1.74. The van der Waals surface area contributed by atoms with E-state index in [-0.39, 0.29) is 5.41 Å². The summed E-state index contributed by atoms with van der Waals surface area (Å²) in [5, 5.41) is 0. The van der Waals surface area contributed by atoms with Crippen LogP contribution in [0.1, 0.15) is 47.0 Å². The van der Waals surface area contributed by atoms with Crippen LogP contribution in [-0.4, -0.2) is 31.1 Å². The Kier molecular flexibility index (Phi) is 4.81. The van der Waals surface area contributed by atoms with Gasteiger partial charge in [0.05, 0.1) is 0 Å². The summed E-state index contributed by atoms with van der Waals surface area (Å²) >= 11 is 0. The van der Waals surface area contributed by atoms with E-state index in [0.29, 0.717) is 0 Å². The van der Waals surface area contributed by atoms with Crippen LogP contribution in [0.5, 0.6) is 0 Å². The standard InChI is InChI=1S/C14H30N2/c1-11-6-7-12(2)13(8-11)16(5)10-14(3,4)9-15/h11-13H,6-10,15H2,1-5H3. The van der Waals surface area contributed by atoms with Gasteiger partial charge in [0, 0.05) is 12.6 Å². The molecule has 3 unspecified atom stereocenters. The van der Waals surface area contributed by atoms with Crippen molar-refractivity contribution in [2.45, 2.75) is 53.0 Å². The van der Waals surface area contributed by atoms with Crippen LogP contribution in [0, 0.1) is 17.3 Å². The summed E-state index contributed by atoms with van der Waals surface area (Å²) in [5.41, 5.74) is 6.06. The lowest BCUT2D eigenvalue weighted by Crippen LogP contribution is -2.46. The minimum absolute atomic E-state index is 0.245. The monoisotopic (exact) mass is 226 g/mol. The fourth-order valence-corrected chi connectivity index (χ4v) is 2.97. The minimum atomic E-state index is 0.245. The topological polar surface area (TPSA) is 29.3 Å². The van der Waals surface area contributed by atoms with E-state index >= 15 is 0 Å². The zero-order valence-corrected chi connectivity index (χ0v) is 11.8. The maximum atomic E-state index is 5.82. The third-order valence-electron chi connectivity index (χ3n) is 4.21. The molecular formula is C14H30N2. The zero-order chi connectivity index (χ0) is 12.3. The smallest absolute Gasteiger partial charge is 0.0121 e. The summed E-state index contributed by atoms with van der Waals surface area (Å²) < 4.78 is 0. The number of hydrogen-bond acceptors (Lipinski definition) is 2. The summed E-state index contributed by atoms with van der Waals surface area (Å²) in [6.45, 7) is 11.2. The number of rotatable bonds is 4. The van der Waals surface area contributed by atoms with Gasteiger partial charge in [-0.25, -0.2) is 0 Å². The molecule has 1 aliphatic carbocycles. The van der Waals surface area contributed by atoms with E-state index in [0.717, 1.165) is 31.0 Å². The van der Waals surface area contributed by atoms with Crippen LogP contribution in [0.4, 0.5) is 0 Å². The fourth-order valence-electron chi connectivity index (χ4n) is 2.97. The van der Waals surface area contributed by atoms with Crippen LogP contribution in [0.2, 0.25) is 0 Å². The fraction of sp³-hybridized carbons (Fsp3) is 1.00. The third-order valence-corrected chi connectivity index (χ3v) is 4.21. The molecule has 1 saturated carbocycles. The summed E-state index contributed by atoms with van der Waals surface area (Å²) in [7, 11) is 2.27. The van der Waals surface area contributed by atoms with Crippen LogP contribution in [-0.2, 0) is 0 Å². The molecule has 0 heterocycles. The first kappa shape index (κ1) is 14.0. The summed E-state index contributed by atoms with van der Waals surface area (Å²) in [4.78, 5) is 2.55. The van der Waals surface area contributed by atoms with Gasteiger partial charge < -0.3 is 10.6 Å². The molecule has 96 valence electrons. The molecule has 0 spiro atoms. The Hall–Kier alpha value is -0.0800. The molecule has 0 amide bonds. The van der Waals surface area contributed by atoms with Gasteiger partial charge in [0.25, 0.3) is 0 Å². The molecule has 0 aromatic heterocycles. The summed E-state index contributed by atoms with van der Waals surface area (Å²) in [6, 6.07) is 0.759. The average molecular weight is 226 g/mol. The first-order chi connectivity index (χ1) is 7.35. The molecule has 1 rings (SSSR count). The Morgan fingerprint density at radius 3 is 2.44 bits per heavy atom. The van der Waals surface area contributed by atoms with Crippen molar-refractivity contribution in [1.29, 1.82) is 0 Å². The van der Waals surface area contributed by atoms with Crippen molar-refractivity contribution in [3.8, 4) is 0 Å². The Bertz CT molecular complexity index is 213. The van der Waals surface area contributed by atoms with Crippen molar-refractivity contribution in [1.82, 2.24) is 4.90 Å². The van der Waals surface area contributed by atoms with E-state index in [1.54, 1.807) is 0 Å². The Morgan fingerprint density at radius 1 is 1.25 bits per heavy atom. The quantitative estimate of drug-likeness (QED) is 0.798. The van der Waals surface area contributed by atoms with Crippen molar-refractivity contribution in [2.75, 3.05) is 20.1 Å². The van der Waals surface area contributed by atoms with Gasteiger partial charge in [-0.2, -0.15) is 0 Å². The first-order valence-electron chi connectivity index (χ1n) is 6.76. The van der Waals surface area contributed by atoms with Crippen LogP contribution in [0.25, 0.3) is 0 Å². The highest BCUT2D eigenvalue weighted by Gasteiger charge is 2.30. The Morgan fingerprint density at radius 2 is 1.88 bits per heavy atom. The average Bonchev–Trinajstić information content (AvgIpc) is 2.21. The van der Waals surface area contributed by atoms with E-state index in [1.165, 1.54) is 19.3 Å². The molecule has 2 heteroatoms. The summed E-state index contributed by atoms with van der Waals surface area (Å²) in [6.07, 6.45) is 4.16. The van der Waals surface area contributed by atoms with E-state index in [1.807, 2.05) is 0 Å². The van der Waals surface area contributed by atoms with Crippen molar-refractivity contribution in [3.05, 3.63) is 0 Å². The van der Waals surface area contributed by atoms with Crippen molar-refractivity contribution in [3.63, 3.8) is 0 Å². The van der Waals surface area contributed by atoms with E-state index in [4.69, 9.17) is 5.73 Å². The molecular weight excluding hydrogens is 196 g/mol. The van der Waals surface area contributed by atoms with Gasteiger partial charge in [-0.05, 0) is 43.7 Å². The van der Waals surface area contributed by atoms with E-state index in [9.17, 15) is 0 Å². The Balaban J connectivity index is 2.54. The van der Waals surface area contributed by atoms with Crippen LogP contribution in [0.3, 0.4) is 0 Å². The zero-order valence-electron chi connectivity index (χ0n) is 11.8. The maximum absolute atomic E-state index is 5.82. The lowest BCUT2D eigenvalue weighted by molar-refractivity contribution is 0.0822. The number of nitrogens with two attached hydrogens (primary N) is 1. The van der Waals surface area contributed by atoms with Gasteiger partial charge in [-0.15, -0.1) is 0 Å². The second kappa shape index (κ2) is 5.50. The molecule has 0 bridgehead atoms. The van der Waals surface area contributed by atoms with Crippen molar-refractivity contribution >= 4 is 0 Å². The van der Waals surface area contributed by atoms with Gasteiger partial charge in [-0.1, -0.05) is 34.1 Å². The molecule has 16 heavy (non-hydrogen) atoms. The van der Waals surface area contributed by atoms with Gasteiger partial charge in [0.15, 0.2) is 0 Å². The van der Waals surface area contributed by atoms with Gasteiger partial charge >= 0.3 is 0 Å². The predicted molar refractivity (Wildman–Crippen MR) is 71.4 cm³/mol. The molecule has 0 aromatic rings. The highest BCUT2D eigenvalue weighted by Crippen LogP contribution is 2.32. The molecule has 0 saturated heterocycles. The first-order valence-corrected chi connectivity index (χ1v) is 6.76. The molecule has 3 atom stereocenters. The molecule has 2 N–H and O–H groups in total. The largest absolute Gasteiger partial charge is 0.330 e. The number of hydrogen-bond donors (Lipinski definition) is 1. The predicted octanol–water partition coefficient (Wildman–Crippen LogP) is 2.73. The van der Waals surface area contributed by atoms with Crippen molar-refractivity contribution in [2.24, 2.45) is 23.0 Å². The van der Waals surface area contributed by atoms with E-state index < -0.39 is 0 Å². The second-order valence-corrected chi connectivity index (χ2v) is 6.75. The van der Waals surface area contributed by atoms with Gasteiger partial charge in [0.2, 0.25) is 0 Å². The third kappa shape index (κ3) is 3.74. The highest BCUT2D eigenvalue weighted by molar-refractivity contribution is 4.85. The molecule has 2 nitrogen and oxygen atoms in total. The second-order valence-electron chi connectivity index (χ2n) is 6.75. The lowest BCUT2D eigenvalue weighted by atomic mass is 9.78. The van der Waals surface area contributed by atoms with E-state index in [2.05, 4.69) is 39.6 Å². The van der Waals surface area contributed by atoms with Crippen LogP contribution < -0.4 is 5.73 Å². The molecule has 0 radical (unpaired) electrons. The number of nitrogens with zero attached hydrogens (tertiary/aromatic N) is 1. The van der Waals surface area contributed by atoms with Gasteiger partial charge in [-0.3, -0.25) is 0 Å². The Labute approximate surface area is 102 Å². The lowest BCUT2D eigenvalue weighted by Gasteiger charge is -2.41. The van der Waals surface area contributed by atoms with Crippen molar-refractivity contribution < 1.29 is 0 Å². The molecule has 0 aliphatic heterocycles. The normalized spacial score (nSPS) is 32.1. The molecule has 1 fully saturated rings. The van der Waals surface area contributed by atoms with Gasteiger partial charge in [0.1, 0.15) is 0 Å². The SMILES string of the molecule is CC1CCC(C)C(N(C)CC(C)(C)CN)C1. The maximum Gasteiger partial charge on any atom is 0.0121 e. The van der Waals surface area contributed by atoms with Crippen LogP contribution in [0.15, 0.2) is 0 Å². The van der Waals surface area contributed by atoms with Crippen LogP contribution >= 0.6 is 0 Å². The molecule has 1 aliphatic rings. The highest BCUT2D eigenvalue weighted by atomic mass is 15.1. The minimum Gasteiger partial charge on any atom is -0.330 e. The molecule has 0 aromatic carbocycles.